The van der Waals surface area contributed by atoms with E-state index >= 15 is 0 Å². The lowest BCUT2D eigenvalue weighted by Gasteiger charge is -2.59. The van der Waals surface area contributed by atoms with E-state index in [4.69, 9.17) is 32.7 Å². The fourth-order valence-electron chi connectivity index (χ4n) is 4.30. The third-order valence-corrected chi connectivity index (χ3v) is 5.90. The number of ether oxygens (including phenoxy) is 2. The van der Waals surface area contributed by atoms with E-state index in [-0.39, 0.29) is 36.0 Å². The summed E-state index contributed by atoms with van der Waals surface area (Å²) in [5.74, 6) is -0.264. The van der Waals surface area contributed by atoms with Crippen molar-refractivity contribution in [1.82, 2.24) is 10.2 Å². The summed E-state index contributed by atoms with van der Waals surface area (Å²) >= 11 is 12.3. The van der Waals surface area contributed by atoms with E-state index in [1.807, 2.05) is 32.9 Å². The Morgan fingerprint density at radius 1 is 1.20 bits per heavy atom. The highest BCUT2D eigenvalue weighted by Crippen LogP contribution is 2.49. The maximum atomic E-state index is 12.2. The Morgan fingerprint density at radius 2 is 1.80 bits per heavy atom. The molecular formula is C22H30Cl2N2O4. The predicted octanol–water partition coefficient (Wildman–Crippen LogP) is 4.98. The third kappa shape index (κ3) is 5.80. The minimum absolute atomic E-state index is 0.148. The van der Waals surface area contributed by atoms with Crippen molar-refractivity contribution in [3.63, 3.8) is 0 Å². The van der Waals surface area contributed by atoms with Gasteiger partial charge in [0.05, 0.1) is 13.0 Å². The molecule has 1 heterocycles. The summed E-state index contributed by atoms with van der Waals surface area (Å²) in [6.45, 7) is 9.17. The summed E-state index contributed by atoms with van der Waals surface area (Å²) in [5, 5.41) is 4.63. The Labute approximate surface area is 188 Å². The van der Waals surface area contributed by atoms with Crippen LogP contribution in [0.5, 0.6) is 0 Å². The minimum Gasteiger partial charge on any atom is -0.466 e. The molecule has 30 heavy (non-hydrogen) atoms. The number of hydrogen-bond donors (Lipinski definition) is 1. The van der Waals surface area contributed by atoms with Crippen molar-refractivity contribution in [3.8, 4) is 0 Å². The molecule has 0 radical (unpaired) electrons. The van der Waals surface area contributed by atoms with Crippen LogP contribution in [0, 0.1) is 5.41 Å². The standard InChI is InChI=1S/C22H30Cl2N2O4/c1-5-29-19(27)9-18(14-6-15(23)8-16(24)7-14)25-17-10-22(11-17)12-26(13-22)20(28)30-21(2,3)4/h6-8,17-18,25H,5,9-13H2,1-4H3/t18-/m0/s1. The summed E-state index contributed by atoms with van der Waals surface area (Å²) in [4.78, 5) is 26.1. The smallest absolute Gasteiger partial charge is 0.410 e. The number of hydrogen-bond acceptors (Lipinski definition) is 5. The molecule has 2 fully saturated rings. The van der Waals surface area contributed by atoms with Gasteiger partial charge >= 0.3 is 12.1 Å². The lowest BCUT2D eigenvalue weighted by molar-refractivity contribution is -0.144. The van der Waals surface area contributed by atoms with Gasteiger partial charge < -0.3 is 19.7 Å². The molecule has 2 aliphatic rings. The molecule has 1 aliphatic carbocycles. The number of amides is 1. The predicted molar refractivity (Wildman–Crippen MR) is 117 cm³/mol. The van der Waals surface area contributed by atoms with E-state index in [2.05, 4.69) is 5.32 Å². The second kappa shape index (κ2) is 8.93. The number of halogens is 2. The molecule has 1 N–H and O–H groups in total. The van der Waals surface area contributed by atoms with Crippen LogP contribution >= 0.6 is 23.2 Å². The Kier molecular flexibility index (Phi) is 6.90. The number of nitrogens with zero attached hydrogens (tertiary/aromatic N) is 1. The maximum absolute atomic E-state index is 12.2. The highest BCUT2D eigenvalue weighted by atomic mass is 35.5. The highest BCUT2D eigenvalue weighted by Gasteiger charge is 2.54. The van der Waals surface area contributed by atoms with Gasteiger partial charge in [0.2, 0.25) is 0 Å². The second-order valence-electron chi connectivity index (χ2n) is 9.37. The molecule has 0 unspecified atom stereocenters. The van der Waals surface area contributed by atoms with Gasteiger partial charge in [-0.15, -0.1) is 0 Å². The van der Waals surface area contributed by atoms with Crippen molar-refractivity contribution in [1.29, 1.82) is 0 Å². The van der Waals surface area contributed by atoms with Gasteiger partial charge in [0.15, 0.2) is 0 Å². The topological polar surface area (TPSA) is 67.9 Å². The van der Waals surface area contributed by atoms with Crippen molar-refractivity contribution in [2.75, 3.05) is 19.7 Å². The number of rotatable bonds is 6. The lowest BCUT2D eigenvalue weighted by atomic mass is 9.60. The molecule has 0 bridgehead atoms. The van der Waals surface area contributed by atoms with Gasteiger partial charge in [0, 0.05) is 40.6 Å². The first kappa shape index (κ1) is 23.2. The van der Waals surface area contributed by atoms with Gasteiger partial charge in [-0.25, -0.2) is 4.79 Å². The number of esters is 1. The van der Waals surface area contributed by atoms with Crippen molar-refractivity contribution in [2.24, 2.45) is 5.41 Å². The number of nitrogens with one attached hydrogen (secondary N) is 1. The Hall–Kier alpha value is -1.50. The Balaban J connectivity index is 1.57. The first-order valence-corrected chi connectivity index (χ1v) is 11.1. The Bertz CT molecular complexity index is 775. The van der Waals surface area contributed by atoms with Crippen LogP contribution in [0.4, 0.5) is 4.79 Å². The van der Waals surface area contributed by atoms with Gasteiger partial charge in [-0.2, -0.15) is 0 Å². The van der Waals surface area contributed by atoms with E-state index in [0.717, 1.165) is 18.4 Å². The number of benzene rings is 1. The number of likely N-dealkylation sites (tertiary alicyclic amines) is 1. The fraction of sp³-hybridized carbons (Fsp3) is 0.636. The van der Waals surface area contributed by atoms with Crippen molar-refractivity contribution < 1.29 is 19.1 Å². The molecule has 6 nitrogen and oxygen atoms in total. The summed E-state index contributed by atoms with van der Waals surface area (Å²) < 4.78 is 10.6. The molecule has 1 aliphatic heterocycles. The summed E-state index contributed by atoms with van der Waals surface area (Å²) in [7, 11) is 0. The van der Waals surface area contributed by atoms with E-state index < -0.39 is 5.60 Å². The first-order chi connectivity index (χ1) is 14.0. The molecule has 1 aromatic rings. The fourth-order valence-corrected chi connectivity index (χ4v) is 4.84. The largest absolute Gasteiger partial charge is 0.466 e. The van der Waals surface area contributed by atoms with Crippen LogP contribution in [-0.2, 0) is 14.3 Å². The summed E-state index contributed by atoms with van der Waals surface area (Å²) in [6.07, 6.45) is 1.84. The molecule has 1 saturated carbocycles. The normalized spacial score (nSPS) is 19.1. The van der Waals surface area contributed by atoms with Gasteiger partial charge in [-0.1, -0.05) is 23.2 Å². The van der Waals surface area contributed by atoms with E-state index in [9.17, 15) is 9.59 Å². The van der Waals surface area contributed by atoms with Gasteiger partial charge in [0.1, 0.15) is 5.60 Å². The second-order valence-corrected chi connectivity index (χ2v) is 10.2. The zero-order chi connectivity index (χ0) is 22.1. The minimum atomic E-state index is -0.484. The quantitative estimate of drug-likeness (QED) is 0.611. The van der Waals surface area contributed by atoms with Crippen LogP contribution in [0.1, 0.15) is 58.6 Å². The molecule has 1 amide bonds. The van der Waals surface area contributed by atoms with Crippen LogP contribution in [0.3, 0.4) is 0 Å². The van der Waals surface area contributed by atoms with Crippen molar-refractivity contribution in [2.45, 2.75) is 64.6 Å². The van der Waals surface area contributed by atoms with Crippen LogP contribution in [0.2, 0.25) is 10.0 Å². The maximum Gasteiger partial charge on any atom is 0.410 e. The average molecular weight is 457 g/mol. The zero-order valence-corrected chi connectivity index (χ0v) is 19.5. The van der Waals surface area contributed by atoms with Gasteiger partial charge in [0.25, 0.3) is 0 Å². The first-order valence-electron chi connectivity index (χ1n) is 10.3. The molecule has 1 spiro atoms. The molecular weight excluding hydrogens is 427 g/mol. The Morgan fingerprint density at radius 3 is 2.33 bits per heavy atom. The third-order valence-electron chi connectivity index (χ3n) is 5.46. The van der Waals surface area contributed by atoms with Crippen LogP contribution in [-0.4, -0.2) is 48.3 Å². The monoisotopic (exact) mass is 456 g/mol. The van der Waals surface area contributed by atoms with Gasteiger partial charge in [-0.3, -0.25) is 4.79 Å². The van der Waals surface area contributed by atoms with E-state index in [0.29, 0.717) is 29.7 Å². The zero-order valence-electron chi connectivity index (χ0n) is 18.0. The number of carbonyl (C=O) groups is 2. The number of carbonyl (C=O) groups excluding carboxylic acids is 2. The highest BCUT2D eigenvalue weighted by molar-refractivity contribution is 6.34. The lowest BCUT2D eigenvalue weighted by Crippen LogP contribution is -2.67. The van der Waals surface area contributed by atoms with Crippen molar-refractivity contribution >= 4 is 35.3 Å². The molecule has 8 heteroatoms. The molecule has 0 aromatic heterocycles. The summed E-state index contributed by atoms with van der Waals surface area (Å²) in [5.41, 5.74) is 0.530. The molecule has 166 valence electrons. The molecule has 1 atom stereocenters. The van der Waals surface area contributed by atoms with Gasteiger partial charge in [-0.05, 0) is 64.3 Å². The molecule has 1 aromatic carbocycles. The van der Waals surface area contributed by atoms with E-state index in [1.165, 1.54) is 0 Å². The van der Waals surface area contributed by atoms with Crippen molar-refractivity contribution in [3.05, 3.63) is 33.8 Å². The van der Waals surface area contributed by atoms with Crippen LogP contribution in [0.25, 0.3) is 0 Å². The SMILES string of the molecule is CCOC(=O)C[C@H](NC1CC2(C1)CN(C(=O)OC(C)(C)C)C2)c1cc(Cl)cc(Cl)c1. The van der Waals surface area contributed by atoms with Crippen LogP contribution < -0.4 is 5.32 Å². The van der Waals surface area contributed by atoms with Crippen LogP contribution in [0.15, 0.2) is 18.2 Å². The molecule has 1 saturated heterocycles. The molecule has 3 rings (SSSR count). The summed E-state index contributed by atoms with van der Waals surface area (Å²) in [6, 6.07) is 5.35. The van der Waals surface area contributed by atoms with E-state index in [1.54, 1.807) is 17.9 Å². The average Bonchev–Trinajstić information content (AvgIpc) is 2.52.